The van der Waals surface area contributed by atoms with Crippen LogP contribution in [0.5, 0.6) is 0 Å². The predicted molar refractivity (Wildman–Crippen MR) is 93.3 cm³/mol. The maximum Gasteiger partial charge on any atom is 0.310 e. The van der Waals surface area contributed by atoms with E-state index in [1.54, 1.807) is 4.90 Å². The van der Waals surface area contributed by atoms with Gasteiger partial charge in [0.1, 0.15) is 0 Å². The summed E-state index contributed by atoms with van der Waals surface area (Å²) in [5, 5.41) is 9.43. The van der Waals surface area contributed by atoms with Gasteiger partial charge in [-0.3, -0.25) is 9.59 Å². The van der Waals surface area contributed by atoms with Crippen LogP contribution in [0.4, 0.5) is 5.69 Å². The van der Waals surface area contributed by atoms with Gasteiger partial charge in [0.05, 0.1) is 12.5 Å². The van der Waals surface area contributed by atoms with Crippen LogP contribution < -0.4 is 4.90 Å². The van der Waals surface area contributed by atoms with Crippen LogP contribution in [0.1, 0.15) is 53.6 Å². The Kier molecular flexibility index (Phi) is 4.65. The van der Waals surface area contributed by atoms with Gasteiger partial charge >= 0.3 is 5.97 Å². The second-order valence-corrected chi connectivity index (χ2v) is 6.17. The zero-order valence-corrected chi connectivity index (χ0v) is 13.7. The number of hydrogen-bond acceptors (Lipinski definition) is 2. The average Bonchev–Trinajstić information content (AvgIpc) is 2.93. The van der Waals surface area contributed by atoms with Crippen molar-refractivity contribution >= 4 is 17.6 Å². The number of anilines is 1. The molecule has 1 amide bonds. The summed E-state index contributed by atoms with van der Waals surface area (Å²) < 4.78 is 0. The maximum atomic E-state index is 12.5. The van der Waals surface area contributed by atoms with Crippen LogP contribution in [0.3, 0.4) is 0 Å². The molecule has 0 aliphatic carbocycles. The highest BCUT2D eigenvalue weighted by Crippen LogP contribution is 2.30. The van der Waals surface area contributed by atoms with Gasteiger partial charge in [-0.2, -0.15) is 0 Å². The van der Waals surface area contributed by atoms with E-state index in [4.69, 9.17) is 0 Å². The number of aliphatic carboxylic acids is 1. The minimum atomic E-state index is -0.791. The molecule has 1 aliphatic heterocycles. The summed E-state index contributed by atoms with van der Waals surface area (Å²) in [5.41, 5.74) is 3.37. The Bertz CT molecular complexity index is 752. The summed E-state index contributed by atoms with van der Waals surface area (Å²) in [5.74, 6) is -1.27. The lowest BCUT2D eigenvalue weighted by atomic mass is 9.93. The minimum absolute atomic E-state index is 0.000817. The average molecular weight is 323 g/mol. The molecule has 0 saturated heterocycles. The van der Waals surface area contributed by atoms with E-state index in [2.05, 4.69) is 6.92 Å². The largest absolute Gasteiger partial charge is 0.481 e. The van der Waals surface area contributed by atoms with Crippen molar-refractivity contribution < 1.29 is 14.7 Å². The Labute approximate surface area is 141 Å². The number of benzene rings is 2. The maximum absolute atomic E-state index is 12.5. The van der Waals surface area contributed by atoms with Crippen LogP contribution >= 0.6 is 0 Å². The van der Waals surface area contributed by atoms with Crippen molar-refractivity contribution in [1.82, 2.24) is 0 Å². The molecule has 4 nitrogen and oxygen atoms in total. The molecular formula is C20H21NO3. The van der Waals surface area contributed by atoms with Crippen LogP contribution in [0.15, 0.2) is 48.5 Å². The molecule has 24 heavy (non-hydrogen) atoms. The monoisotopic (exact) mass is 323 g/mol. The number of carbonyl (C=O) groups is 2. The molecule has 124 valence electrons. The first kappa shape index (κ1) is 16.2. The quantitative estimate of drug-likeness (QED) is 0.866. The molecule has 2 aromatic carbocycles. The molecular weight excluding hydrogens is 302 g/mol. The SMILES string of the molecule is CCCCC(C(=O)O)c1ccc(N2Cc3ccccc3C2=O)cc1. The smallest absolute Gasteiger partial charge is 0.310 e. The van der Waals surface area contributed by atoms with Crippen molar-refractivity contribution in [2.24, 2.45) is 0 Å². The number of carboxylic acid groups (broad SMARTS) is 1. The molecule has 1 N–H and O–H groups in total. The lowest BCUT2D eigenvalue weighted by Crippen LogP contribution is -2.23. The van der Waals surface area contributed by atoms with Crippen LogP contribution in [0, 0.1) is 0 Å². The summed E-state index contributed by atoms with van der Waals surface area (Å²) in [6.45, 7) is 2.62. The highest BCUT2D eigenvalue weighted by molar-refractivity contribution is 6.09. The van der Waals surface area contributed by atoms with Crippen LogP contribution in [0.25, 0.3) is 0 Å². The lowest BCUT2D eigenvalue weighted by molar-refractivity contribution is -0.139. The van der Waals surface area contributed by atoms with Gasteiger partial charge in [0.15, 0.2) is 0 Å². The van der Waals surface area contributed by atoms with E-state index in [-0.39, 0.29) is 5.91 Å². The van der Waals surface area contributed by atoms with E-state index in [1.807, 2.05) is 48.5 Å². The number of amides is 1. The second kappa shape index (κ2) is 6.87. The minimum Gasteiger partial charge on any atom is -0.481 e. The molecule has 0 radical (unpaired) electrons. The molecule has 1 heterocycles. The van der Waals surface area contributed by atoms with Gasteiger partial charge in [0.2, 0.25) is 0 Å². The van der Waals surface area contributed by atoms with E-state index in [0.29, 0.717) is 13.0 Å². The molecule has 0 aromatic heterocycles. The molecule has 3 rings (SSSR count). The van der Waals surface area contributed by atoms with Crippen LogP contribution in [-0.2, 0) is 11.3 Å². The number of carbonyl (C=O) groups excluding carboxylic acids is 1. The summed E-state index contributed by atoms with van der Waals surface area (Å²) in [4.78, 5) is 25.7. The topological polar surface area (TPSA) is 57.6 Å². The number of unbranched alkanes of at least 4 members (excludes halogenated alkanes) is 1. The lowest BCUT2D eigenvalue weighted by Gasteiger charge is -2.18. The molecule has 1 unspecified atom stereocenters. The van der Waals surface area contributed by atoms with E-state index < -0.39 is 11.9 Å². The van der Waals surface area contributed by atoms with E-state index >= 15 is 0 Å². The molecule has 1 aliphatic rings. The zero-order valence-electron chi connectivity index (χ0n) is 13.7. The van der Waals surface area contributed by atoms with Gasteiger partial charge in [-0.1, -0.05) is 50.1 Å². The fourth-order valence-electron chi connectivity index (χ4n) is 3.19. The van der Waals surface area contributed by atoms with Gasteiger partial charge in [0.25, 0.3) is 5.91 Å². The molecule has 0 bridgehead atoms. The first-order chi connectivity index (χ1) is 11.6. The van der Waals surface area contributed by atoms with Crippen molar-refractivity contribution in [2.45, 2.75) is 38.6 Å². The Hall–Kier alpha value is -2.62. The number of nitrogens with zero attached hydrogens (tertiary/aromatic N) is 1. The second-order valence-electron chi connectivity index (χ2n) is 6.17. The summed E-state index contributed by atoms with van der Waals surface area (Å²) in [7, 11) is 0. The Balaban J connectivity index is 1.80. The van der Waals surface area contributed by atoms with Crippen molar-refractivity contribution in [3.63, 3.8) is 0 Å². The van der Waals surface area contributed by atoms with E-state index in [0.717, 1.165) is 35.2 Å². The van der Waals surface area contributed by atoms with Gasteiger partial charge < -0.3 is 10.0 Å². The Morgan fingerprint density at radius 3 is 2.50 bits per heavy atom. The highest BCUT2D eigenvalue weighted by atomic mass is 16.4. The van der Waals surface area contributed by atoms with Crippen molar-refractivity contribution in [3.05, 3.63) is 65.2 Å². The Morgan fingerprint density at radius 2 is 1.88 bits per heavy atom. The third kappa shape index (κ3) is 3.04. The molecule has 1 atom stereocenters. The van der Waals surface area contributed by atoms with Gasteiger partial charge in [-0.25, -0.2) is 0 Å². The van der Waals surface area contributed by atoms with Crippen molar-refractivity contribution in [2.75, 3.05) is 4.90 Å². The first-order valence-corrected chi connectivity index (χ1v) is 8.34. The first-order valence-electron chi connectivity index (χ1n) is 8.34. The summed E-state index contributed by atoms with van der Waals surface area (Å²) in [6.07, 6.45) is 2.50. The van der Waals surface area contributed by atoms with Gasteiger partial charge in [0, 0.05) is 11.3 Å². The summed E-state index contributed by atoms with van der Waals surface area (Å²) >= 11 is 0. The predicted octanol–water partition coefficient (Wildman–Crippen LogP) is 4.21. The van der Waals surface area contributed by atoms with Gasteiger partial charge in [-0.05, 0) is 35.7 Å². The molecule has 4 heteroatoms. The molecule has 0 spiro atoms. The normalized spacial score (nSPS) is 14.5. The van der Waals surface area contributed by atoms with Crippen LogP contribution in [-0.4, -0.2) is 17.0 Å². The summed E-state index contributed by atoms with van der Waals surface area (Å²) in [6, 6.07) is 15.0. The number of fused-ring (bicyclic) bond motifs is 1. The molecule has 0 saturated carbocycles. The number of rotatable bonds is 6. The number of hydrogen-bond donors (Lipinski definition) is 1. The zero-order chi connectivity index (χ0) is 17.1. The van der Waals surface area contributed by atoms with E-state index in [1.165, 1.54) is 0 Å². The molecule has 0 fully saturated rings. The van der Waals surface area contributed by atoms with Gasteiger partial charge in [-0.15, -0.1) is 0 Å². The fourth-order valence-corrected chi connectivity index (χ4v) is 3.19. The third-order valence-electron chi connectivity index (χ3n) is 4.57. The molecule has 2 aromatic rings. The van der Waals surface area contributed by atoms with Crippen molar-refractivity contribution in [1.29, 1.82) is 0 Å². The van der Waals surface area contributed by atoms with E-state index in [9.17, 15) is 14.7 Å². The standard InChI is InChI=1S/C20H21NO3/c1-2-3-7-18(20(23)24)14-9-11-16(12-10-14)21-13-15-6-4-5-8-17(15)19(21)22/h4-6,8-12,18H,2-3,7,13H2,1H3,(H,23,24). The highest BCUT2D eigenvalue weighted by Gasteiger charge is 2.28. The Morgan fingerprint density at radius 1 is 1.17 bits per heavy atom. The third-order valence-corrected chi connectivity index (χ3v) is 4.57. The van der Waals surface area contributed by atoms with Crippen LogP contribution in [0.2, 0.25) is 0 Å². The van der Waals surface area contributed by atoms with Crippen molar-refractivity contribution in [3.8, 4) is 0 Å². The fraction of sp³-hybridized carbons (Fsp3) is 0.300. The number of carboxylic acids is 1.